The number of allylic oxidation sites excluding steroid dienone is 1. The Morgan fingerprint density at radius 3 is 1.86 bits per heavy atom. The number of aliphatic hydroxyl groups is 10. The smallest absolute Gasteiger partial charge is 0.187 e. The highest BCUT2D eigenvalue weighted by atomic mass is 16.8. The second-order valence-corrected chi connectivity index (χ2v) is 23.6. The first-order chi connectivity index (χ1) is 30.9. The van der Waals surface area contributed by atoms with E-state index in [1.54, 1.807) is 6.92 Å². The molecule has 4 saturated carbocycles. The number of carbonyl (C=O) groups excluding carboxylic acids is 1. The third-order valence-corrected chi connectivity index (χ3v) is 19.8. The molecule has 0 aromatic carbocycles. The van der Waals surface area contributed by atoms with E-state index >= 15 is 0 Å². The molecule has 8 fully saturated rings. The quantitative estimate of drug-likeness (QED) is 0.106. The molecule has 9 aliphatic rings. The molecule has 5 aliphatic carbocycles. The van der Waals surface area contributed by atoms with Crippen molar-refractivity contribution in [3.8, 4) is 0 Å². The second-order valence-electron chi connectivity index (χ2n) is 23.6. The fraction of sp³-hybridized carbons (Fsp3) is 0.938. The van der Waals surface area contributed by atoms with Crippen molar-refractivity contribution in [2.45, 2.75) is 204 Å². The molecule has 1 unspecified atom stereocenters. The maximum absolute atomic E-state index is 14.6. The second kappa shape index (κ2) is 16.9. The maximum atomic E-state index is 14.6. The first-order valence-corrected chi connectivity index (χ1v) is 24.3. The van der Waals surface area contributed by atoms with Gasteiger partial charge in [-0.15, -0.1) is 0 Å². The van der Waals surface area contributed by atoms with Gasteiger partial charge in [-0.05, 0) is 80.0 Å². The van der Waals surface area contributed by atoms with E-state index in [0.717, 1.165) is 25.7 Å². The highest BCUT2D eigenvalue weighted by molar-refractivity contribution is 5.89. The number of fused-ring (bicyclic) bond motifs is 4. The van der Waals surface area contributed by atoms with Crippen LogP contribution in [-0.4, -0.2) is 187 Å². The van der Waals surface area contributed by atoms with E-state index in [9.17, 15) is 55.9 Å². The van der Waals surface area contributed by atoms with Crippen LogP contribution in [-0.2, 0) is 38.0 Å². The minimum atomic E-state index is -1.89. The van der Waals surface area contributed by atoms with Gasteiger partial charge in [-0.2, -0.15) is 0 Å². The summed E-state index contributed by atoms with van der Waals surface area (Å²) in [7, 11) is 0. The van der Waals surface area contributed by atoms with Crippen LogP contribution in [0.1, 0.15) is 99.8 Å². The van der Waals surface area contributed by atoms with E-state index in [1.807, 2.05) is 6.92 Å². The molecule has 2 bridgehead atoms. The molecule has 9 rings (SSSR count). The SMILES string of the molecule is C[C@H]1O[C@@H](O[C@H]2CC[C@@]3(C)C(CC[C@]4(C)[C@@H]3C=C[C@]35OC[C@@]6(CCC(C)(C)C[C@H]63)C(=O)C[C@]54C)[C@]2(C)CO)[C@H](O[C@@H]2O[C@H](CO)[C@@H](O)[C@H](O)[C@H]2O)[C@@H](O[C@@H]2O[C@H](CO)[C@@H](O)[C@H](O)[C@H]2O)[C@H]1O. The average molecular weight is 941 g/mol. The summed E-state index contributed by atoms with van der Waals surface area (Å²) in [5.74, 6) is 0.337. The first kappa shape index (κ1) is 49.7. The minimum Gasteiger partial charge on any atom is -0.396 e. The van der Waals surface area contributed by atoms with Crippen molar-refractivity contribution in [3.05, 3.63) is 12.2 Å². The molecule has 4 aliphatic heterocycles. The molecule has 25 atom stereocenters. The Morgan fingerprint density at radius 1 is 0.667 bits per heavy atom. The summed E-state index contributed by atoms with van der Waals surface area (Å²) >= 11 is 0. The van der Waals surface area contributed by atoms with Crippen molar-refractivity contribution in [1.82, 2.24) is 0 Å². The van der Waals surface area contributed by atoms with Gasteiger partial charge in [0.25, 0.3) is 0 Å². The molecule has 0 radical (unpaired) electrons. The lowest BCUT2D eigenvalue weighted by Gasteiger charge is -2.72. The Morgan fingerprint density at radius 2 is 1.27 bits per heavy atom. The van der Waals surface area contributed by atoms with Crippen molar-refractivity contribution < 1.29 is 89.0 Å². The van der Waals surface area contributed by atoms with Gasteiger partial charge < -0.3 is 84.2 Å². The molecule has 10 N–H and O–H groups in total. The molecule has 0 aromatic heterocycles. The highest BCUT2D eigenvalue weighted by Gasteiger charge is 2.79. The third kappa shape index (κ3) is 6.93. The van der Waals surface area contributed by atoms with Crippen molar-refractivity contribution in [1.29, 1.82) is 0 Å². The van der Waals surface area contributed by atoms with Gasteiger partial charge in [0.2, 0.25) is 0 Å². The molecular weight excluding hydrogens is 865 g/mol. The van der Waals surface area contributed by atoms with E-state index in [4.69, 9.17) is 33.2 Å². The molecule has 66 heavy (non-hydrogen) atoms. The fourth-order valence-electron chi connectivity index (χ4n) is 15.5. The van der Waals surface area contributed by atoms with E-state index in [2.05, 4.69) is 46.8 Å². The van der Waals surface area contributed by atoms with Gasteiger partial charge in [-0.3, -0.25) is 4.79 Å². The van der Waals surface area contributed by atoms with Crippen molar-refractivity contribution in [2.24, 2.45) is 50.2 Å². The number of ether oxygens (including phenoxy) is 7. The molecule has 0 aromatic rings. The normalized spacial score (nSPS) is 57.7. The summed E-state index contributed by atoms with van der Waals surface area (Å²) in [6.45, 7) is 13.8. The maximum Gasteiger partial charge on any atom is 0.187 e. The molecule has 18 heteroatoms. The van der Waals surface area contributed by atoms with Crippen LogP contribution in [0, 0.1) is 50.2 Å². The van der Waals surface area contributed by atoms with Crippen LogP contribution < -0.4 is 0 Å². The predicted octanol–water partition coefficient (Wildman–Crippen LogP) is -0.191. The molecular formula is C48H76O18. The highest BCUT2D eigenvalue weighted by Crippen LogP contribution is 2.78. The zero-order chi connectivity index (χ0) is 47.9. The number of Topliss-reactive ketones (excluding diaryl/α,β-unsaturated/α-hetero) is 1. The van der Waals surface area contributed by atoms with Crippen LogP contribution in [0.3, 0.4) is 0 Å². The van der Waals surface area contributed by atoms with Crippen molar-refractivity contribution in [3.63, 3.8) is 0 Å². The minimum absolute atomic E-state index is 0.0204. The molecule has 1 spiro atoms. The molecule has 0 amide bonds. The Labute approximate surface area is 386 Å². The summed E-state index contributed by atoms with van der Waals surface area (Å²) in [6, 6.07) is 0. The molecule has 4 heterocycles. The molecule has 376 valence electrons. The number of hydrogen-bond donors (Lipinski definition) is 10. The van der Waals surface area contributed by atoms with Gasteiger partial charge in [-0.25, -0.2) is 0 Å². The summed E-state index contributed by atoms with van der Waals surface area (Å²) in [4.78, 5) is 14.6. The number of carbonyl (C=O) groups is 1. The van der Waals surface area contributed by atoms with Crippen LogP contribution >= 0.6 is 0 Å². The van der Waals surface area contributed by atoms with E-state index < -0.39 is 133 Å². The van der Waals surface area contributed by atoms with Gasteiger partial charge in [0.05, 0.1) is 49.7 Å². The van der Waals surface area contributed by atoms with Crippen molar-refractivity contribution >= 4 is 5.78 Å². The fourth-order valence-corrected chi connectivity index (χ4v) is 15.5. The summed E-state index contributed by atoms with van der Waals surface area (Å²) < 4.78 is 44.3. The van der Waals surface area contributed by atoms with Crippen LogP contribution in [0.5, 0.6) is 0 Å². The van der Waals surface area contributed by atoms with Gasteiger partial charge >= 0.3 is 0 Å². The van der Waals surface area contributed by atoms with Gasteiger partial charge in [0, 0.05) is 23.2 Å². The number of aliphatic hydroxyl groups excluding tert-OH is 10. The number of hydrogen-bond acceptors (Lipinski definition) is 18. The van der Waals surface area contributed by atoms with Gasteiger partial charge in [-0.1, -0.05) is 53.7 Å². The third-order valence-electron chi connectivity index (χ3n) is 19.8. The topological polar surface area (TPSA) is 284 Å². The first-order valence-electron chi connectivity index (χ1n) is 24.3. The van der Waals surface area contributed by atoms with E-state index in [1.165, 1.54) is 0 Å². The zero-order valence-corrected chi connectivity index (χ0v) is 39.3. The van der Waals surface area contributed by atoms with Gasteiger partial charge in [0.15, 0.2) is 18.9 Å². The van der Waals surface area contributed by atoms with E-state index in [-0.39, 0.29) is 40.6 Å². The Kier molecular flexibility index (Phi) is 12.7. The summed E-state index contributed by atoms with van der Waals surface area (Å²) in [5.41, 5.74) is -3.02. The Bertz CT molecular complexity index is 1850. The summed E-state index contributed by atoms with van der Waals surface area (Å²) in [5, 5.41) is 108. The summed E-state index contributed by atoms with van der Waals surface area (Å²) in [6.07, 6.45) is -14.5. The van der Waals surface area contributed by atoms with Crippen LogP contribution in [0.2, 0.25) is 0 Å². The van der Waals surface area contributed by atoms with Crippen molar-refractivity contribution in [2.75, 3.05) is 26.4 Å². The van der Waals surface area contributed by atoms with Crippen LogP contribution in [0.15, 0.2) is 12.2 Å². The number of rotatable bonds is 9. The lowest BCUT2D eigenvalue weighted by molar-refractivity contribution is -0.398. The standard InChI is InChI=1S/C48H76O18/c1-22-30(53)37(65-39-35(58)33(56)31(54)23(18-49)62-39)38(66-40-36(59)34(57)32(55)24(19-50)63-40)41(61-22)64-29-10-11-43(4)25(44(29,5)20-51)8-12-45(6)26(43)9-13-48-27-16-42(2,3)14-15-47(27,21-60-48)28(52)17-46(45,48)7/h9,13,22-27,29-41,49-51,53-59H,8,10-12,14-21H2,1-7H3/t22-,23-,24-,25?,26-,27-,29+,30+,31-,32-,33+,34+,35-,36-,37+,38-,39+,40+,41+,43+,44+,45-,46+,47-,48+/m1/s1. The Balaban J connectivity index is 1.03. The zero-order valence-electron chi connectivity index (χ0n) is 39.3. The van der Waals surface area contributed by atoms with Gasteiger partial charge in [0.1, 0.15) is 72.9 Å². The average Bonchev–Trinajstić information content (AvgIpc) is 3.55. The Hall–Kier alpha value is -1.27. The van der Waals surface area contributed by atoms with Crippen LogP contribution in [0.25, 0.3) is 0 Å². The largest absolute Gasteiger partial charge is 0.396 e. The predicted molar refractivity (Wildman–Crippen MR) is 228 cm³/mol. The number of ketones is 1. The molecule has 18 nitrogen and oxygen atoms in total. The lowest BCUT2D eigenvalue weighted by atomic mass is 9.32. The molecule has 4 saturated heterocycles. The monoisotopic (exact) mass is 941 g/mol. The van der Waals surface area contributed by atoms with E-state index in [0.29, 0.717) is 38.1 Å². The van der Waals surface area contributed by atoms with Crippen LogP contribution in [0.4, 0.5) is 0 Å². The lowest BCUT2D eigenvalue weighted by Crippen LogP contribution is -2.72.